The van der Waals surface area contributed by atoms with Crippen LogP contribution in [0.25, 0.3) is 6.08 Å². The Morgan fingerprint density at radius 2 is 1.77 bits per heavy atom. The van der Waals surface area contributed by atoms with Crippen molar-refractivity contribution >= 4 is 23.8 Å². The SMILES string of the molecule is CCOC(=O)/C(=C/c1ccc(OC)cc1)Sc1ccccc1. The van der Waals surface area contributed by atoms with Gasteiger partial charge in [0.15, 0.2) is 0 Å². The van der Waals surface area contributed by atoms with Gasteiger partial charge in [-0.15, -0.1) is 0 Å². The molecule has 0 N–H and O–H groups in total. The Bertz CT molecular complexity index is 633. The monoisotopic (exact) mass is 314 g/mol. The van der Waals surface area contributed by atoms with Gasteiger partial charge < -0.3 is 9.47 Å². The Labute approximate surface area is 135 Å². The molecule has 22 heavy (non-hydrogen) atoms. The van der Waals surface area contributed by atoms with E-state index in [0.717, 1.165) is 16.2 Å². The molecule has 0 saturated carbocycles. The molecule has 0 spiro atoms. The highest BCUT2D eigenvalue weighted by molar-refractivity contribution is 8.04. The highest BCUT2D eigenvalue weighted by Gasteiger charge is 2.12. The summed E-state index contributed by atoms with van der Waals surface area (Å²) in [5.74, 6) is 0.470. The van der Waals surface area contributed by atoms with E-state index in [-0.39, 0.29) is 5.97 Å². The first kappa shape index (κ1) is 16.2. The maximum absolute atomic E-state index is 12.1. The zero-order valence-electron chi connectivity index (χ0n) is 12.6. The highest BCUT2D eigenvalue weighted by Crippen LogP contribution is 2.29. The minimum atomic E-state index is -0.313. The molecule has 0 atom stereocenters. The van der Waals surface area contributed by atoms with Crippen LogP contribution in [0, 0.1) is 0 Å². The Morgan fingerprint density at radius 3 is 2.36 bits per heavy atom. The van der Waals surface area contributed by atoms with E-state index in [1.165, 1.54) is 11.8 Å². The molecule has 0 unspecified atom stereocenters. The van der Waals surface area contributed by atoms with E-state index < -0.39 is 0 Å². The van der Waals surface area contributed by atoms with E-state index in [0.29, 0.717) is 11.5 Å². The Morgan fingerprint density at radius 1 is 1.09 bits per heavy atom. The van der Waals surface area contributed by atoms with Gasteiger partial charge in [-0.3, -0.25) is 0 Å². The molecular formula is C18H18O3S. The fraction of sp³-hybridized carbons (Fsp3) is 0.167. The number of ether oxygens (including phenoxy) is 2. The molecule has 0 heterocycles. The summed E-state index contributed by atoms with van der Waals surface area (Å²) in [6.45, 7) is 2.16. The van der Waals surface area contributed by atoms with Crippen LogP contribution < -0.4 is 4.74 Å². The molecule has 114 valence electrons. The standard InChI is InChI=1S/C18H18O3S/c1-3-21-18(19)17(22-16-7-5-4-6-8-16)13-14-9-11-15(20-2)12-10-14/h4-13H,3H2,1-2H3/b17-13-. The van der Waals surface area contributed by atoms with Crippen molar-refractivity contribution in [3.8, 4) is 5.75 Å². The van der Waals surface area contributed by atoms with Crippen LogP contribution in [0.1, 0.15) is 12.5 Å². The van der Waals surface area contributed by atoms with Crippen molar-refractivity contribution in [2.45, 2.75) is 11.8 Å². The van der Waals surface area contributed by atoms with Crippen LogP contribution in [0.15, 0.2) is 64.4 Å². The van der Waals surface area contributed by atoms with Gasteiger partial charge >= 0.3 is 5.97 Å². The number of thioether (sulfide) groups is 1. The van der Waals surface area contributed by atoms with Gasteiger partial charge in [0.2, 0.25) is 0 Å². The zero-order valence-corrected chi connectivity index (χ0v) is 13.4. The lowest BCUT2D eigenvalue weighted by Crippen LogP contribution is -2.05. The van der Waals surface area contributed by atoms with Crippen LogP contribution in [0.5, 0.6) is 5.75 Å². The fourth-order valence-electron chi connectivity index (χ4n) is 1.80. The van der Waals surface area contributed by atoms with Gasteiger partial charge in [-0.1, -0.05) is 42.1 Å². The van der Waals surface area contributed by atoms with E-state index in [2.05, 4.69) is 0 Å². The van der Waals surface area contributed by atoms with Crippen molar-refractivity contribution in [1.82, 2.24) is 0 Å². The second-order valence-electron chi connectivity index (χ2n) is 4.42. The molecular weight excluding hydrogens is 296 g/mol. The van der Waals surface area contributed by atoms with Crippen LogP contribution in [-0.2, 0) is 9.53 Å². The molecule has 0 saturated heterocycles. The first-order chi connectivity index (χ1) is 10.7. The van der Waals surface area contributed by atoms with E-state index in [9.17, 15) is 4.79 Å². The molecule has 2 rings (SSSR count). The number of hydrogen-bond acceptors (Lipinski definition) is 4. The second-order valence-corrected chi connectivity index (χ2v) is 5.53. The smallest absolute Gasteiger partial charge is 0.344 e. The van der Waals surface area contributed by atoms with Gasteiger partial charge in [-0.2, -0.15) is 0 Å². The van der Waals surface area contributed by atoms with Crippen molar-refractivity contribution in [2.24, 2.45) is 0 Å². The fourth-order valence-corrected chi connectivity index (χ4v) is 2.68. The molecule has 0 aliphatic heterocycles. The predicted molar refractivity (Wildman–Crippen MR) is 89.9 cm³/mol. The minimum Gasteiger partial charge on any atom is -0.497 e. The molecule has 0 aliphatic rings. The Balaban J connectivity index is 2.26. The third-order valence-electron chi connectivity index (χ3n) is 2.86. The number of hydrogen-bond donors (Lipinski definition) is 0. The number of methoxy groups -OCH3 is 1. The lowest BCUT2D eigenvalue weighted by molar-refractivity contribution is -0.137. The summed E-state index contributed by atoms with van der Waals surface area (Å²) in [5, 5.41) is 0. The first-order valence-electron chi connectivity index (χ1n) is 6.98. The van der Waals surface area contributed by atoms with Gasteiger partial charge in [0.25, 0.3) is 0 Å². The number of esters is 1. The number of benzene rings is 2. The van der Waals surface area contributed by atoms with E-state index in [4.69, 9.17) is 9.47 Å². The topological polar surface area (TPSA) is 35.5 Å². The highest BCUT2D eigenvalue weighted by atomic mass is 32.2. The van der Waals surface area contributed by atoms with Crippen molar-refractivity contribution in [1.29, 1.82) is 0 Å². The van der Waals surface area contributed by atoms with Crippen LogP contribution >= 0.6 is 11.8 Å². The van der Waals surface area contributed by atoms with E-state index >= 15 is 0 Å². The molecule has 0 aliphatic carbocycles. The average molecular weight is 314 g/mol. The normalized spacial score (nSPS) is 11.1. The number of carbonyl (C=O) groups is 1. The summed E-state index contributed by atoms with van der Waals surface area (Å²) < 4.78 is 10.3. The van der Waals surface area contributed by atoms with Gasteiger partial charge in [0.1, 0.15) is 5.75 Å². The summed E-state index contributed by atoms with van der Waals surface area (Å²) in [6, 6.07) is 17.3. The number of carbonyl (C=O) groups excluding carboxylic acids is 1. The summed E-state index contributed by atoms with van der Waals surface area (Å²) in [5.41, 5.74) is 0.923. The summed E-state index contributed by atoms with van der Waals surface area (Å²) in [4.78, 5) is 13.7. The predicted octanol–water partition coefficient (Wildman–Crippen LogP) is 4.39. The summed E-state index contributed by atoms with van der Waals surface area (Å²) in [7, 11) is 1.63. The average Bonchev–Trinajstić information content (AvgIpc) is 2.56. The van der Waals surface area contributed by atoms with Crippen LogP contribution in [0.4, 0.5) is 0 Å². The van der Waals surface area contributed by atoms with Crippen LogP contribution in [-0.4, -0.2) is 19.7 Å². The molecule has 0 amide bonds. The Hall–Kier alpha value is -2.20. The van der Waals surface area contributed by atoms with Gasteiger partial charge in [-0.05, 0) is 42.8 Å². The van der Waals surface area contributed by atoms with Crippen molar-refractivity contribution in [2.75, 3.05) is 13.7 Å². The molecule has 0 radical (unpaired) electrons. The Kier molecular flexibility index (Phi) is 6.10. The maximum atomic E-state index is 12.1. The summed E-state index contributed by atoms with van der Waals surface area (Å²) >= 11 is 1.40. The molecule has 0 aromatic heterocycles. The molecule has 2 aromatic rings. The van der Waals surface area contributed by atoms with E-state index in [1.807, 2.05) is 60.7 Å². The lowest BCUT2D eigenvalue weighted by atomic mass is 10.2. The minimum absolute atomic E-state index is 0.313. The quantitative estimate of drug-likeness (QED) is 0.450. The van der Waals surface area contributed by atoms with Crippen molar-refractivity contribution in [3.63, 3.8) is 0 Å². The molecule has 3 nitrogen and oxygen atoms in total. The molecule has 4 heteroatoms. The van der Waals surface area contributed by atoms with Crippen molar-refractivity contribution in [3.05, 3.63) is 65.1 Å². The molecule has 2 aromatic carbocycles. The third-order valence-corrected chi connectivity index (χ3v) is 3.87. The second kappa shape index (κ2) is 8.29. The van der Waals surface area contributed by atoms with Crippen molar-refractivity contribution < 1.29 is 14.3 Å². The van der Waals surface area contributed by atoms with E-state index in [1.54, 1.807) is 14.0 Å². The zero-order chi connectivity index (χ0) is 15.8. The van der Waals surface area contributed by atoms with Gasteiger partial charge in [-0.25, -0.2) is 4.79 Å². The van der Waals surface area contributed by atoms with Gasteiger partial charge in [0.05, 0.1) is 18.6 Å². The van der Waals surface area contributed by atoms with Gasteiger partial charge in [0, 0.05) is 4.90 Å². The maximum Gasteiger partial charge on any atom is 0.344 e. The van der Waals surface area contributed by atoms with Crippen LogP contribution in [0.2, 0.25) is 0 Å². The largest absolute Gasteiger partial charge is 0.497 e. The van der Waals surface area contributed by atoms with Crippen LogP contribution in [0.3, 0.4) is 0 Å². The number of rotatable bonds is 6. The first-order valence-corrected chi connectivity index (χ1v) is 7.80. The summed E-state index contributed by atoms with van der Waals surface area (Å²) in [6.07, 6.45) is 1.83. The lowest BCUT2D eigenvalue weighted by Gasteiger charge is -2.07. The third kappa shape index (κ3) is 4.67. The molecule has 0 fully saturated rings. The molecule has 0 bridgehead atoms.